The van der Waals surface area contributed by atoms with Gasteiger partial charge in [-0.05, 0) is 60.9 Å². The van der Waals surface area contributed by atoms with Crippen LogP contribution in [0, 0.1) is 0 Å². The van der Waals surface area contributed by atoms with E-state index in [-0.39, 0.29) is 18.2 Å². The second kappa shape index (κ2) is 14.5. The number of nitrogens with zero attached hydrogens (tertiary/aromatic N) is 1. The molecule has 0 radical (unpaired) electrons. The Balaban J connectivity index is 1.76. The van der Waals surface area contributed by atoms with Crippen LogP contribution in [0.4, 0.5) is 0 Å². The van der Waals surface area contributed by atoms with E-state index in [0.717, 1.165) is 16.9 Å². The van der Waals surface area contributed by atoms with Gasteiger partial charge in [-0.15, -0.1) is 0 Å². The third-order valence-corrected chi connectivity index (χ3v) is 5.97. The number of methoxy groups -OCH3 is 2. The van der Waals surface area contributed by atoms with Crippen LogP contribution >= 0.6 is 0 Å². The zero-order chi connectivity index (χ0) is 26.5. The SMILES string of the molecule is CCNC(=O)[C@@H](Cc1ccccc1)N(Cc1cccc(OC)c1)C(=O)CCCOc1ccc(OC)cc1. The van der Waals surface area contributed by atoms with E-state index in [2.05, 4.69) is 5.32 Å². The van der Waals surface area contributed by atoms with Gasteiger partial charge in [-0.1, -0.05) is 42.5 Å². The fourth-order valence-electron chi connectivity index (χ4n) is 4.04. The number of ether oxygens (including phenoxy) is 3. The minimum Gasteiger partial charge on any atom is -0.497 e. The number of carbonyl (C=O) groups excluding carboxylic acids is 2. The molecule has 0 saturated heterocycles. The quantitative estimate of drug-likeness (QED) is 0.324. The van der Waals surface area contributed by atoms with E-state index in [9.17, 15) is 9.59 Å². The number of rotatable bonds is 14. The first kappa shape index (κ1) is 27.6. The molecule has 37 heavy (non-hydrogen) atoms. The van der Waals surface area contributed by atoms with Crippen LogP contribution in [0.15, 0.2) is 78.9 Å². The lowest BCUT2D eigenvalue weighted by atomic mass is 10.0. The molecule has 0 saturated carbocycles. The standard InChI is InChI=1S/C30H36N2O5/c1-4-31-30(34)28(21-23-10-6-5-7-11-23)32(22-24-12-8-13-27(20-24)36-3)29(33)14-9-19-37-26-17-15-25(35-2)16-18-26/h5-8,10-13,15-18,20,28H,4,9,14,19,21-22H2,1-3H3,(H,31,34)/t28-/m1/s1. The Kier molecular flexibility index (Phi) is 10.8. The van der Waals surface area contributed by atoms with E-state index in [1.807, 2.05) is 85.8 Å². The normalized spacial score (nSPS) is 11.3. The zero-order valence-corrected chi connectivity index (χ0v) is 21.8. The van der Waals surface area contributed by atoms with Crippen LogP contribution in [0.3, 0.4) is 0 Å². The monoisotopic (exact) mass is 504 g/mol. The lowest BCUT2D eigenvalue weighted by molar-refractivity contribution is -0.141. The van der Waals surface area contributed by atoms with Crippen LogP contribution in [0.25, 0.3) is 0 Å². The molecule has 0 aliphatic carbocycles. The highest BCUT2D eigenvalue weighted by molar-refractivity contribution is 5.88. The van der Waals surface area contributed by atoms with Crippen molar-refractivity contribution in [2.75, 3.05) is 27.4 Å². The highest BCUT2D eigenvalue weighted by Crippen LogP contribution is 2.20. The highest BCUT2D eigenvalue weighted by atomic mass is 16.5. The molecule has 0 unspecified atom stereocenters. The maximum Gasteiger partial charge on any atom is 0.243 e. The number of hydrogen-bond donors (Lipinski definition) is 1. The Labute approximate surface area is 219 Å². The summed E-state index contributed by atoms with van der Waals surface area (Å²) >= 11 is 0. The summed E-state index contributed by atoms with van der Waals surface area (Å²) in [6.45, 7) is 3.04. The molecular formula is C30H36N2O5. The summed E-state index contributed by atoms with van der Waals surface area (Å²) in [5.41, 5.74) is 1.88. The molecule has 0 aromatic heterocycles. The molecule has 1 atom stereocenters. The molecule has 196 valence electrons. The van der Waals surface area contributed by atoms with Gasteiger partial charge in [0, 0.05) is 25.9 Å². The van der Waals surface area contributed by atoms with Crippen LogP contribution in [0.1, 0.15) is 30.9 Å². The van der Waals surface area contributed by atoms with Gasteiger partial charge in [-0.2, -0.15) is 0 Å². The number of nitrogens with one attached hydrogen (secondary N) is 1. The average molecular weight is 505 g/mol. The van der Waals surface area contributed by atoms with Gasteiger partial charge in [0.25, 0.3) is 0 Å². The molecule has 7 nitrogen and oxygen atoms in total. The van der Waals surface area contributed by atoms with E-state index in [4.69, 9.17) is 14.2 Å². The smallest absolute Gasteiger partial charge is 0.243 e. The number of amides is 2. The summed E-state index contributed by atoms with van der Waals surface area (Å²) in [6.07, 6.45) is 1.20. The third kappa shape index (κ3) is 8.56. The third-order valence-electron chi connectivity index (χ3n) is 5.97. The van der Waals surface area contributed by atoms with Crippen molar-refractivity contribution in [3.05, 3.63) is 90.0 Å². The van der Waals surface area contributed by atoms with Gasteiger partial charge in [0.05, 0.1) is 20.8 Å². The van der Waals surface area contributed by atoms with Crippen molar-refractivity contribution >= 4 is 11.8 Å². The van der Waals surface area contributed by atoms with Crippen LogP contribution in [0.2, 0.25) is 0 Å². The summed E-state index contributed by atoms with van der Waals surface area (Å²) in [4.78, 5) is 28.5. The van der Waals surface area contributed by atoms with E-state index in [1.54, 1.807) is 19.1 Å². The van der Waals surface area contributed by atoms with Crippen molar-refractivity contribution in [1.82, 2.24) is 10.2 Å². The van der Waals surface area contributed by atoms with Crippen molar-refractivity contribution in [2.24, 2.45) is 0 Å². The molecule has 0 fully saturated rings. The maximum atomic E-state index is 13.6. The van der Waals surface area contributed by atoms with Gasteiger partial charge in [-0.3, -0.25) is 9.59 Å². The summed E-state index contributed by atoms with van der Waals surface area (Å²) in [7, 11) is 3.22. The Morgan fingerprint density at radius 1 is 0.838 bits per heavy atom. The molecule has 3 aromatic carbocycles. The Hall–Kier alpha value is -4.00. The molecule has 0 bridgehead atoms. The molecule has 0 spiro atoms. The van der Waals surface area contributed by atoms with Gasteiger partial charge in [0.2, 0.25) is 11.8 Å². The van der Waals surface area contributed by atoms with E-state index in [0.29, 0.717) is 44.0 Å². The molecule has 0 aliphatic rings. The lowest BCUT2D eigenvalue weighted by Gasteiger charge is -2.31. The predicted octanol–water partition coefficient (Wildman–Crippen LogP) is 4.64. The molecule has 0 aliphatic heterocycles. The summed E-state index contributed by atoms with van der Waals surface area (Å²) in [5.74, 6) is 1.90. The predicted molar refractivity (Wildman–Crippen MR) is 144 cm³/mol. The van der Waals surface area contributed by atoms with Gasteiger partial charge in [0.15, 0.2) is 0 Å². The molecule has 3 rings (SSSR count). The average Bonchev–Trinajstić information content (AvgIpc) is 2.94. The van der Waals surface area contributed by atoms with Crippen molar-refractivity contribution in [3.8, 4) is 17.2 Å². The first-order valence-corrected chi connectivity index (χ1v) is 12.5. The van der Waals surface area contributed by atoms with Crippen LogP contribution in [-0.4, -0.2) is 50.1 Å². The van der Waals surface area contributed by atoms with Crippen molar-refractivity contribution in [3.63, 3.8) is 0 Å². The van der Waals surface area contributed by atoms with E-state index in [1.165, 1.54) is 0 Å². The lowest BCUT2D eigenvalue weighted by Crippen LogP contribution is -2.50. The first-order valence-electron chi connectivity index (χ1n) is 12.5. The summed E-state index contributed by atoms with van der Waals surface area (Å²) in [5, 5.41) is 2.92. The number of likely N-dealkylation sites (N-methyl/N-ethyl adjacent to an activating group) is 1. The molecule has 1 N–H and O–H groups in total. The van der Waals surface area contributed by atoms with E-state index < -0.39 is 6.04 Å². The molecular weight excluding hydrogens is 468 g/mol. The molecule has 7 heteroatoms. The maximum absolute atomic E-state index is 13.6. The van der Waals surface area contributed by atoms with Gasteiger partial charge in [-0.25, -0.2) is 0 Å². The fourth-order valence-corrected chi connectivity index (χ4v) is 4.04. The fraction of sp³-hybridized carbons (Fsp3) is 0.333. The minimum atomic E-state index is -0.649. The van der Waals surface area contributed by atoms with Gasteiger partial charge < -0.3 is 24.4 Å². The number of benzene rings is 3. The highest BCUT2D eigenvalue weighted by Gasteiger charge is 2.30. The van der Waals surface area contributed by atoms with Crippen LogP contribution in [0.5, 0.6) is 17.2 Å². The number of hydrogen-bond acceptors (Lipinski definition) is 5. The second-order valence-electron chi connectivity index (χ2n) is 8.60. The zero-order valence-electron chi connectivity index (χ0n) is 21.8. The molecule has 3 aromatic rings. The van der Waals surface area contributed by atoms with Crippen molar-refractivity contribution < 1.29 is 23.8 Å². The molecule has 2 amide bonds. The van der Waals surface area contributed by atoms with Crippen LogP contribution in [-0.2, 0) is 22.6 Å². The van der Waals surface area contributed by atoms with Crippen molar-refractivity contribution in [1.29, 1.82) is 0 Å². The topological polar surface area (TPSA) is 77.1 Å². The summed E-state index contributed by atoms with van der Waals surface area (Å²) in [6, 6.07) is 24.0. The minimum absolute atomic E-state index is 0.103. The summed E-state index contributed by atoms with van der Waals surface area (Å²) < 4.78 is 16.3. The van der Waals surface area contributed by atoms with Crippen molar-refractivity contribution in [2.45, 2.75) is 38.8 Å². The first-order chi connectivity index (χ1) is 18.0. The van der Waals surface area contributed by atoms with Gasteiger partial charge >= 0.3 is 0 Å². The Morgan fingerprint density at radius 2 is 1.51 bits per heavy atom. The molecule has 0 heterocycles. The largest absolute Gasteiger partial charge is 0.497 e. The van der Waals surface area contributed by atoms with E-state index >= 15 is 0 Å². The number of carbonyl (C=O) groups is 2. The van der Waals surface area contributed by atoms with Crippen LogP contribution < -0.4 is 19.5 Å². The Bertz CT molecular complexity index is 1120. The Morgan fingerprint density at radius 3 is 2.19 bits per heavy atom. The second-order valence-corrected chi connectivity index (χ2v) is 8.60. The van der Waals surface area contributed by atoms with Gasteiger partial charge in [0.1, 0.15) is 23.3 Å².